The summed E-state index contributed by atoms with van der Waals surface area (Å²) < 4.78 is 0. The van der Waals surface area contributed by atoms with E-state index < -0.39 is 0 Å². The summed E-state index contributed by atoms with van der Waals surface area (Å²) in [4.78, 5) is 21.6. The number of amides is 1. The van der Waals surface area contributed by atoms with Crippen LogP contribution in [-0.2, 0) is 6.42 Å². The summed E-state index contributed by atoms with van der Waals surface area (Å²) in [6.45, 7) is 0.505. The summed E-state index contributed by atoms with van der Waals surface area (Å²) in [6.07, 6.45) is 4.11. The van der Waals surface area contributed by atoms with Crippen LogP contribution in [0.25, 0.3) is 22.2 Å². The van der Waals surface area contributed by atoms with Gasteiger partial charge in [-0.05, 0) is 48.4 Å². The van der Waals surface area contributed by atoms with Gasteiger partial charge in [0.2, 0.25) is 0 Å². The molecule has 0 saturated carbocycles. The molecule has 0 saturated heterocycles. The number of hydrogen-bond donors (Lipinski definition) is 2. The quantitative estimate of drug-likeness (QED) is 0.558. The van der Waals surface area contributed by atoms with Crippen molar-refractivity contribution in [2.75, 3.05) is 6.54 Å². The fourth-order valence-corrected chi connectivity index (χ4v) is 3.11. The average molecular weight is 369 g/mol. The Balaban J connectivity index is 1.59. The summed E-state index contributed by atoms with van der Waals surface area (Å²) in [5.74, 6) is 0.104. The Morgan fingerprint density at radius 3 is 2.50 bits per heavy atom. The maximum Gasteiger partial charge on any atom is 0.252 e. The van der Waals surface area contributed by atoms with Gasteiger partial charge >= 0.3 is 0 Å². The van der Waals surface area contributed by atoms with Crippen molar-refractivity contribution in [1.29, 1.82) is 0 Å². The topological polar surface area (TPSA) is 75.1 Å². The number of phenolic OH excluding ortho intramolecular Hbond substituents is 1. The molecule has 0 aliphatic carbocycles. The summed E-state index contributed by atoms with van der Waals surface area (Å²) in [6, 6.07) is 20.2. The maximum absolute atomic E-state index is 12.9. The van der Waals surface area contributed by atoms with Gasteiger partial charge in [0, 0.05) is 29.9 Å². The molecular weight excluding hydrogens is 350 g/mol. The van der Waals surface area contributed by atoms with Crippen LogP contribution in [0, 0.1) is 0 Å². The lowest BCUT2D eigenvalue weighted by Crippen LogP contribution is -2.26. The van der Waals surface area contributed by atoms with E-state index in [0.29, 0.717) is 18.5 Å². The average Bonchev–Trinajstić information content (AvgIpc) is 2.75. The minimum atomic E-state index is -0.132. The monoisotopic (exact) mass is 369 g/mol. The number of carbonyl (C=O) groups is 1. The van der Waals surface area contributed by atoms with Crippen molar-refractivity contribution in [3.8, 4) is 17.0 Å². The van der Waals surface area contributed by atoms with Crippen molar-refractivity contribution in [3.63, 3.8) is 0 Å². The largest absolute Gasteiger partial charge is 0.508 e. The lowest BCUT2D eigenvalue weighted by atomic mass is 10.0. The van der Waals surface area contributed by atoms with E-state index in [0.717, 1.165) is 27.7 Å². The van der Waals surface area contributed by atoms with Crippen LogP contribution in [0.2, 0.25) is 0 Å². The Hall–Kier alpha value is -3.73. The molecule has 0 spiro atoms. The predicted octanol–water partition coefficient (Wildman–Crippen LogP) is 3.97. The SMILES string of the molecule is O=C(NCCc1ccc(O)cc1)c1cc(-c2ccncc2)nc2ccccc12. The molecule has 0 bridgehead atoms. The van der Waals surface area contributed by atoms with E-state index in [1.54, 1.807) is 24.5 Å². The third-order valence-corrected chi connectivity index (χ3v) is 4.57. The van der Waals surface area contributed by atoms with Gasteiger partial charge in [-0.1, -0.05) is 30.3 Å². The molecule has 28 heavy (non-hydrogen) atoms. The molecule has 0 radical (unpaired) electrons. The van der Waals surface area contributed by atoms with Gasteiger partial charge in [-0.3, -0.25) is 9.78 Å². The number of benzene rings is 2. The molecule has 0 fully saturated rings. The molecule has 2 aromatic carbocycles. The highest BCUT2D eigenvalue weighted by atomic mass is 16.3. The lowest BCUT2D eigenvalue weighted by Gasteiger charge is -2.11. The number of aromatic nitrogens is 2. The Bertz CT molecular complexity index is 1110. The van der Waals surface area contributed by atoms with E-state index in [2.05, 4.69) is 10.3 Å². The van der Waals surface area contributed by atoms with Gasteiger partial charge in [0.15, 0.2) is 0 Å². The molecule has 0 aliphatic rings. The first-order chi connectivity index (χ1) is 13.7. The number of phenols is 1. The smallest absolute Gasteiger partial charge is 0.252 e. The molecule has 2 N–H and O–H groups in total. The van der Waals surface area contributed by atoms with E-state index in [-0.39, 0.29) is 11.7 Å². The molecule has 5 heteroatoms. The van der Waals surface area contributed by atoms with E-state index in [4.69, 9.17) is 4.98 Å². The highest BCUT2D eigenvalue weighted by molar-refractivity contribution is 6.07. The van der Waals surface area contributed by atoms with Crippen LogP contribution in [0.3, 0.4) is 0 Å². The fraction of sp³-hybridized carbons (Fsp3) is 0.0870. The van der Waals surface area contributed by atoms with Crippen LogP contribution in [0.15, 0.2) is 79.1 Å². The molecule has 2 aromatic heterocycles. The van der Waals surface area contributed by atoms with Crippen LogP contribution < -0.4 is 5.32 Å². The van der Waals surface area contributed by atoms with E-state index in [9.17, 15) is 9.90 Å². The van der Waals surface area contributed by atoms with Gasteiger partial charge in [-0.2, -0.15) is 0 Å². The van der Waals surface area contributed by atoms with Gasteiger partial charge in [0.05, 0.1) is 16.8 Å². The van der Waals surface area contributed by atoms with E-state index in [1.165, 1.54) is 0 Å². The van der Waals surface area contributed by atoms with Crippen molar-refractivity contribution in [2.45, 2.75) is 6.42 Å². The number of para-hydroxylation sites is 1. The molecule has 1 amide bonds. The molecule has 138 valence electrons. The molecular formula is C23H19N3O2. The normalized spacial score (nSPS) is 10.7. The molecule has 0 unspecified atom stereocenters. The molecule has 5 nitrogen and oxygen atoms in total. The summed E-state index contributed by atoms with van der Waals surface area (Å²) >= 11 is 0. The van der Waals surface area contributed by atoms with Crippen molar-refractivity contribution < 1.29 is 9.90 Å². The molecule has 0 aliphatic heterocycles. The number of rotatable bonds is 5. The predicted molar refractivity (Wildman–Crippen MR) is 109 cm³/mol. The van der Waals surface area contributed by atoms with Gasteiger partial charge in [-0.15, -0.1) is 0 Å². The van der Waals surface area contributed by atoms with Crippen molar-refractivity contribution >= 4 is 16.8 Å². The summed E-state index contributed by atoms with van der Waals surface area (Å²) in [5, 5.41) is 13.2. The zero-order chi connectivity index (χ0) is 19.3. The number of pyridine rings is 2. The van der Waals surface area contributed by atoms with Gasteiger partial charge in [-0.25, -0.2) is 4.98 Å². The molecule has 4 rings (SSSR count). The van der Waals surface area contributed by atoms with E-state index >= 15 is 0 Å². The Labute approximate surface area is 162 Å². The first kappa shape index (κ1) is 17.7. The summed E-state index contributed by atoms with van der Waals surface area (Å²) in [7, 11) is 0. The second-order valence-corrected chi connectivity index (χ2v) is 6.48. The van der Waals surface area contributed by atoms with Crippen molar-refractivity contribution in [3.05, 3.63) is 90.3 Å². The number of carbonyl (C=O) groups excluding carboxylic acids is 1. The number of hydrogen-bond acceptors (Lipinski definition) is 4. The van der Waals surface area contributed by atoms with Crippen LogP contribution >= 0.6 is 0 Å². The third-order valence-electron chi connectivity index (χ3n) is 4.57. The Kier molecular flexibility index (Phi) is 4.97. The second kappa shape index (κ2) is 7.88. The molecule has 2 heterocycles. The first-order valence-electron chi connectivity index (χ1n) is 9.07. The maximum atomic E-state index is 12.9. The lowest BCUT2D eigenvalue weighted by molar-refractivity contribution is 0.0955. The van der Waals surface area contributed by atoms with Crippen LogP contribution in [-0.4, -0.2) is 27.5 Å². The highest BCUT2D eigenvalue weighted by Crippen LogP contribution is 2.24. The van der Waals surface area contributed by atoms with Crippen molar-refractivity contribution in [1.82, 2.24) is 15.3 Å². The highest BCUT2D eigenvalue weighted by Gasteiger charge is 2.13. The van der Waals surface area contributed by atoms with E-state index in [1.807, 2.05) is 54.6 Å². The minimum Gasteiger partial charge on any atom is -0.508 e. The van der Waals surface area contributed by atoms with Gasteiger partial charge in [0.1, 0.15) is 5.75 Å². The standard InChI is InChI=1S/C23H19N3O2/c27-18-7-5-16(6-8-18)9-14-25-23(28)20-15-22(17-10-12-24-13-11-17)26-21-4-2-1-3-19(20)21/h1-8,10-13,15,27H,9,14H2,(H,25,28). The number of nitrogens with one attached hydrogen (secondary N) is 1. The number of nitrogens with zero attached hydrogens (tertiary/aromatic N) is 2. The summed E-state index contributed by atoms with van der Waals surface area (Å²) in [5.41, 5.74) is 4.09. The number of aromatic hydroxyl groups is 1. The second-order valence-electron chi connectivity index (χ2n) is 6.48. The van der Waals surface area contributed by atoms with Crippen LogP contribution in [0.1, 0.15) is 15.9 Å². The molecule has 0 atom stereocenters. The Morgan fingerprint density at radius 2 is 1.71 bits per heavy atom. The first-order valence-corrected chi connectivity index (χ1v) is 9.07. The third kappa shape index (κ3) is 3.83. The minimum absolute atomic E-state index is 0.132. The van der Waals surface area contributed by atoms with Gasteiger partial charge < -0.3 is 10.4 Å². The number of fused-ring (bicyclic) bond motifs is 1. The zero-order valence-corrected chi connectivity index (χ0v) is 15.2. The van der Waals surface area contributed by atoms with Gasteiger partial charge in [0.25, 0.3) is 5.91 Å². The molecule has 4 aromatic rings. The van der Waals surface area contributed by atoms with Crippen molar-refractivity contribution in [2.24, 2.45) is 0 Å². The fourth-order valence-electron chi connectivity index (χ4n) is 3.11. The Morgan fingerprint density at radius 1 is 0.964 bits per heavy atom. The van der Waals surface area contributed by atoms with Crippen LogP contribution in [0.5, 0.6) is 5.75 Å². The van der Waals surface area contributed by atoms with Crippen LogP contribution in [0.4, 0.5) is 0 Å². The zero-order valence-electron chi connectivity index (χ0n) is 15.2.